The second-order valence-electron chi connectivity index (χ2n) is 5.60. The van der Waals surface area contributed by atoms with Gasteiger partial charge in [0.15, 0.2) is 9.84 Å². The van der Waals surface area contributed by atoms with Gasteiger partial charge in [0, 0.05) is 16.3 Å². The van der Waals surface area contributed by atoms with Gasteiger partial charge in [-0.2, -0.15) is 0 Å². The Morgan fingerprint density at radius 1 is 1.43 bits per heavy atom. The van der Waals surface area contributed by atoms with Crippen molar-refractivity contribution in [1.29, 1.82) is 0 Å². The Balaban J connectivity index is 1.66. The van der Waals surface area contributed by atoms with E-state index in [0.717, 1.165) is 20.8 Å². The average Bonchev–Trinajstić information content (AvgIpc) is 2.97. The number of hydrogen-bond acceptors (Lipinski definition) is 7. The maximum Gasteiger partial charge on any atom is 0.230 e. The van der Waals surface area contributed by atoms with E-state index in [0.29, 0.717) is 6.42 Å². The summed E-state index contributed by atoms with van der Waals surface area (Å²) < 4.78 is 22.8. The quantitative estimate of drug-likeness (QED) is 0.650. The molecule has 6 nitrogen and oxygen atoms in total. The van der Waals surface area contributed by atoms with Gasteiger partial charge >= 0.3 is 0 Å². The monoisotopic (exact) mass is 371 g/mol. The smallest absolute Gasteiger partial charge is 0.230 e. The Morgan fingerprint density at radius 2 is 2.22 bits per heavy atom. The van der Waals surface area contributed by atoms with Crippen molar-refractivity contribution in [2.45, 2.75) is 31.3 Å². The molecular formula is C14H17N3O3S3. The van der Waals surface area contributed by atoms with Crippen LogP contribution in [0.15, 0.2) is 11.4 Å². The fourth-order valence-corrected chi connectivity index (χ4v) is 6.17. The summed E-state index contributed by atoms with van der Waals surface area (Å²) in [5.41, 5.74) is 1.15. The molecule has 23 heavy (non-hydrogen) atoms. The van der Waals surface area contributed by atoms with Crippen LogP contribution in [0.25, 0.3) is 10.2 Å². The molecule has 2 aromatic heterocycles. The Labute approximate surface area is 143 Å². The van der Waals surface area contributed by atoms with Crippen LogP contribution in [0.1, 0.15) is 16.9 Å². The molecule has 1 aliphatic rings. The lowest BCUT2D eigenvalue weighted by Crippen LogP contribution is -2.36. The number of rotatable bonds is 4. The van der Waals surface area contributed by atoms with E-state index in [-0.39, 0.29) is 29.2 Å². The van der Waals surface area contributed by atoms with E-state index in [4.69, 9.17) is 0 Å². The zero-order valence-electron chi connectivity index (χ0n) is 12.8. The molecule has 0 aromatic carbocycles. The number of carbonyl (C=O) groups is 1. The van der Waals surface area contributed by atoms with E-state index in [1.807, 2.05) is 13.8 Å². The fourth-order valence-electron chi connectivity index (χ4n) is 2.57. The first-order valence-electron chi connectivity index (χ1n) is 7.19. The molecule has 1 fully saturated rings. The van der Waals surface area contributed by atoms with Crippen molar-refractivity contribution in [2.75, 3.05) is 17.3 Å². The van der Waals surface area contributed by atoms with Crippen LogP contribution >= 0.6 is 23.1 Å². The molecular weight excluding hydrogens is 354 g/mol. The first kappa shape index (κ1) is 16.7. The number of thioether (sulfide) groups is 1. The van der Waals surface area contributed by atoms with Crippen molar-refractivity contribution in [1.82, 2.24) is 15.3 Å². The van der Waals surface area contributed by atoms with E-state index in [2.05, 4.69) is 15.3 Å². The van der Waals surface area contributed by atoms with Gasteiger partial charge in [-0.15, -0.1) is 11.3 Å². The minimum absolute atomic E-state index is 0.0456. The minimum atomic E-state index is -2.98. The highest BCUT2D eigenvalue weighted by Crippen LogP contribution is 2.34. The second-order valence-corrected chi connectivity index (χ2v) is 9.99. The van der Waals surface area contributed by atoms with E-state index >= 15 is 0 Å². The predicted molar refractivity (Wildman–Crippen MR) is 92.8 cm³/mol. The molecule has 1 N–H and O–H groups in total. The molecule has 0 spiro atoms. The van der Waals surface area contributed by atoms with Crippen LogP contribution in [0, 0.1) is 13.8 Å². The van der Waals surface area contributed by atoms with Crippen LogP contribution in [0.2, 0.25) is 0 Å². The number of aryl methyl sites for hydroxylation is 2. The summed E-state index contributed by atoms with van der Waals surface area (Å²) in [6.07, 6.45) is 2.01. The number of carbonyl (C=O) groups excluding carboxylic acids is 1. The molecule has 3 heterocycles. The number of hydrogen-bond donors (Lipinski definition) is 1. The van der Waals surface area contributed by atoms with Crippen LogP contribution in [-0.4, -0.2) is 47.6 Å². The second kappa shape index (κ2) is 6.37. The third kappa shape index (κ3) is 3.67. The average molecular weight is 372 g/mol. The lowest BCUT2D eigenvalue weighted by atomic mass is 10.2. The first-order chi connectivity index (χ1) is 10.9. The van der Waals surface area contributed by atoms with Gasteiger partial charge in [0.05, 0.1) is 17.3 Å². The molecule has 1 unspecified atom stereocenters. The lowest BCUT2D eigenvalue weighted by molar-refractivity contribution is -0.119. The summed E-state index contributed by atoms with van der Waals surface area (Å²) >= 11 is 2.98. The summed E-state index contributed by atoms with van der Waals surface area (Å²) in [6.45, 7) is 4.08. The lowest BCUT2D eigenvalue weighted by Gasteiger charge is -2.10. The van der Waals surface area contributed by atoms with E-state index in [9.17, 15) is 13.2 Å². The summed E-state index contributed by atoms with van der Waals surface area (Å²) in [5, 5.41) is 4.60. The Hall–Kier alpha value is -1.19. The van der Waals surface area contributed by atoms with Gasteiger partial charge in [0.1, 0.15) is 16.2 Å². The predicted octanol–water partition coefficient (Wildman–Crippen LogP) is 1.70. The Kier molecular flexibility index (Phi) is 4.61. The van der Waals surface area contributed by atoms with Crippen LogP contribution in [-0.2, 0) is 14.6 Å². The Bertz CT molecular complexity index is 861. The topological polar surface area (TPSA) is 89.0 Å². The maximum absolute atomic E-state index is 12.0. The largest absolute Gasteiger partial charge is 0.352 e. The van der Waals surface area contributed by atoms with Crippen LogP contribution in [0.3, 0.4) is 0 Å². The number of nitrogens with zero attached hydrogens (tertiary/aromatic N) is 2. The number of nitrogens with one attached hydrogen (secondary N) is 1. The number of fused-ring (bicyclic) bond motifs is 1. The molecule has 0 saturated carbocycles. The van der Waals surface area contributed by atoms with Crippen molar-refractivity contribution in [3.63, 3.8) is 0 Å². The standard InChI is InChI=1S/C14H17N3O3S3/c1-8-9(2)22-14-12(8)13(15-7-16-14)21-5-11(18)17-10-3-4-23(19,20)6-10/h7,10H,3-6H2,1-2H3,(H,17,18). The molecule has 0 aliphatic carbocycles. The highest BCUT2D eigenvalue weighted by molar-refractivity contribution is 8.00. The van der Waals surface area contributed by atoms with Crippen molar-refractivity contribution in [3.05, 3.63) is 16.8 Å². The van der Waals surface area contributed by atoms with Gasteiger partial charge < -0.3 is 5.32 Å². The highest BCUT2D eigenvalue weighted by atomic mass is 32.2. The normalized spacial score (nSPS) is 20.0. The molecule has 1 aliphatic heterocycles. The number of thiophene rings is 1. The SMILES string of the molecule is Cc1sc2ncnc(SCC(=O)NC3CCS(=O)(=O)C3)c2c1C. The molecule has 1 saturated heterocycles. The van der Waals surface area contributed by atoms with E-state index in [1.165, 1.54) is 23.0 Å². The summed E-state index contributed by atoms with van der Waals surface area (Å²) in [6, 6.07) is -0.261. The molecule has 0 radical (unpaired) electrons. The molecule has 0 bridgehead atoms. The third-order valence-electron chi connectivity index (χ3n) is 3.87. The molecule has 124 valence electrons. The van der Waals surface area contributed by atoms with Crippen LogP contribution < -0.4 is 5.32 Å². The summed E-state index contributed by atoms with van der Waals surface area (Å²) in [5.74, 6) is 0.264. The van der Waals surface area contributed by atoms with Gasteiger partial charge in [0.2, 0.25) is 5.91 Å². The zero-order valence-corrected chi connectivity index (χ0v) is 15.3. The summed E-state index contributed by atoms with van der Waals surface area (Å²) in [4.78, 5) is 22.7. The van der Waals surface area contributed by atoms with E-state index in [1.54, 1.807) is 11.3 Å². The summed E-state index contributed by atoms with van der Waals surface area (Å²) in [7, 11) is -2.98. The van der Waals surface area contributed by atoms with Crippen LogP contribution in [0.4, 0.5) is 0 Å². The van der Waals surface area contributed by atoms with Gasteiger partial charge in [-0.05, 0) is 25.8 Å². The van der Waals surface area contributed by atoms with Crippen molar-refractivity contribution < 1.29 is 13.2 Å². The maximum atomic E-state index is 12.0. The Morgan fingerprint density at radius 3 is 2.91 bits per heavy atom. The number of aromatic nitrogens is 2. The molecule has 3 rings (SSSR count). The fraction of sp³-hybridized carbons (Fsp3) is 0.500. The van der Waals surface area contributed by atoms with Gasteiger partial charge in [-0.3, -0.25) is 4.79 Å². The van der Waals surface area contributed by atoms with Crippen LogP contribution in [0.5, 0.6) is 0 Å². The molecule has 1 atom stereocenters. The van der Waals surface area contributed by atoms with Gasteiger partial charge in [-0.1, -0.05) is 11.8 Å². The van der Waals surface area contributed by atoms with Gasteiger partial charge in [-0.25, -0.2) is 18.4 Å². The van der Waals surface area contributed by atoms with Crippen molar-refractivity contribution in [3.8, 4) is 0 Å². The number of amides is 1. The van der Waals surface area contributed by atoms with E-state index < -0.39 is 9.84 Å². The van der Waals surface area contributed by atoms with Gasteiger partial charge in [0.25, 0.3) is 0 Å². The molecule has 9 heteroatoms. The van der Waals surface area contributed by atoms with Crippen molar-refractivity contribution in [2.24, 2.45) is 0 Å². The number of sulfone groups is 1. The first-order valence-corrected chi connectivity index (χ1v) is 10.8. The highest BCUT2D eigenvalue weighted by Gasteiger charge is 2.28. The molecule has 1 amide bonds. The third-order valence-corrected chi connectivity index (χ3v) is 7.74. The van der Waals surface area contributed by atoms with Crippen molar-refractivity contribution >= 4 is 49.1 Å². The molecule has 2 aromatic rings. The minimum Gasteiger partial charge on any atom is -0.352 e. The zero-order chi connectivity index (χ0) is 16.6.